The predicted octanol–water partition coefficient (Wildman–Crippen LogP) is -2.48. The Morgan fingerprint density at radius 1 is 1.45 bits per heavy atom. The summed E-state index contributed by atoms with van der Waals surface area (Å²) >= 11 is 0. The molecule has 1 saturated heterocycles. The van der Waals surface area contributed by atoms with E-state index in [4.69, 9.17) is 4.74 Å². The SMILES string of the molecule is CC([O-])=NC1[C@H](Cc2cn(C)[nH]2)O[C@H](CO)[C@H](O)[C@@H]1O. The Morgan fingerprint density at radius 3 is 2.60 bits per heavy atom. The number of aryl methyl sites for hydroxylation is 1. The molecule has 0 aromatic carbocycles. The predicted molar refractivity (Wildman–Crippen MR) is 68.1 cm³/mol. The molecule has 5 atom stereocenters. The van der Waals surface area contributed by atoms with Gasteiger partial charge in [0, 0.05) is 19.7 Å². The molecule has 2 rings (SSSR count). The van der Waals surface area contributed by atoms with Crippen molar-refractivity contribution in [1.29, 1.82) is 0 Å². The average molecular weight is 286 g/mol. The number of aliphatic hydroxyl groups excluding tert-OH is 3. The standard InChI is InChI=1S/C12H21N3O5/c1-6(17)13-10-8(3-7-4-15(2)14-7)20-9(5-16)11(18)12(10)19/h4,8-12,14,16,18-19H,3,5H2,1-2H3,(H,13,17)/p-1/t8-,9+,10?,11-,12+/m0/s1. The van der Waals surface area contributed by atoms with Crippen LogP contribution in [-0.2, 0) is 18.2 Å². The van der Waals surface area contributed by atoms with Crippen molar-refractivity contribution in [3.8, 4) is 0 Å². The van der Waals surface area contributed by atoms with Gasteiger partial charge in [0.15, 0.2) is 0 Å². The summed E-state index contributed by atoms with van der Waals surface area (Å²) in [5.41, 5.74) is 0.876. The number of aromatic nitrogens is 2. The number of aliphatic hydroxyl groups is 3. The number of ether oxygens (including phenoxy) is 1. The van der Waals surface area contributed by atoms with Crippen molar-refractivity contribution in [3.05, 3.63) is 11.9 Å². The van der Waals surface area contributed by atoms with Crippen molar-refractivity contribution in [2.75, 3.05) is 6.61 Å². The van der Waals surface area contributed by atoms with Gasteiger partial charge in [-0.1, -0.05) is 0 Å². The Morgan fingerprint density at radius 2 is 2.10 bits per heavy atom. The molecule has 1 unspecified atom stereocenters. The Labute approximate surface area is 116 Å². The molecular weight excluding hydrogens is 266 g/mol. The Balaban J connectivity index is 2.17. The van der Waals surface area contributed by atoms with Gasteiger partial charge in [-0.05, 0) is 12.8 Å². The van der Waals surface area contributed by atoms with Crippen LogP contribution in [0.25, 0.3) is 0 Å². The number of hydrogen-bond donors (Lipinski definition) is 4. The summed E-state index contributed by atoms with van der Waals surface area (Å²) in [6.07, 6.45) is -1.72. The lowest BCUT2D eigenvalue weighted by atomic mass is 9.91. The first-order valence-electron chi connectivity index (χ1n) is 6.46. The van der Waals surface area contributed by atoms with Crippen LogP contribution in [0.4, 0.5) is 0 Å². The largest absolute Gasteiger partial charge is 0.862 e. The molecule has 8 nitrogen and oxygen atoms in total. The molecule has 1 aromatic heterocycles. The van der Waals surface area contributed by atoms with E-state index in [1.165, 1.54) is 6.92 Å². The molecule has 0 spiro atoms. The van der Waals surface area contributed by atoms with Gasteiger partial charge in [0.1, 0.15) is 24.4 Å². The number of aliphatic imine (C=N–C) groups is 1. The maximum Gasteiger partial charge on any atom is 0.110 e. The highest BCUT2D eigenvalue weighted by Gasteiger charge is 2.44. The monoisotopic (exact) mass is 286 g/mol. The molecule has 0 saturated carbocycles. The van der Waals surface area contributed by atoms with E-state index < -0.39 is 43.0 Å². The fraction of sp³-hybridized carbons (Fsp3) is 0.750. The van der Waals surface area contributed by atoms with Crippen molar-refractivity contribution < 1.29 is 25.2 Å². The first kappa shape index (κ1) is 15.0. The minimum absolute atomic E-state index is 0.409. The maximum absolute atomic E-state index is 11.2. The summed E-state index contributed by atoms with van der Waals surface area (Å²) in [6.45, 7) is 0.872. The van der Waals surface area contributed by atoms with Crippen LogP contribution < -0.4 is 5.11 Å². The van der Waals surface area contributed by atoms with Crippen LogP contribution in [0.3, 0.4) is 0 Å². The maximum atomic E-state index is 11.2. The highest BCUT2D eigenvalue weighted by molar-refractivity contribution is 5.68. The third kappa shape index (κ3) is 3.04. The van der Waals surface area contributed by atoms with Crippen molar-refractivity contribution in [2.45, 2.75) is 43.8 Å². The van der Waals surface area contributed by atoms with Crippen LogP contribution in [0.2, 0.25) is 0 Å². The second-order valence-electron chi connectivity index (χ2n) is 5.10. The van der Waals surface area contributed by atoms with Crippen LogP contribution in [0.15, 0.2) is 11.2 Å². The van der Waals surface area contributed by atoms with Gasteiger partial charge in [-0.25, -0.2) is 0 Å². The Kier molecular flexibility index (Phi) is 4.48. The topological polar surface area (TPSA) is 126 Å². The lowest BCUT2D eigenvalue weighted by Crippen LogP contribution is -2.58. The fourth-order valence-corrected chi connectivity index (χ4v) is 2.49. The van der Waals surface area contributed by atoms with Gasteiger partial charge in [0.05, 0.1) is 18.4 Å². The third-order valence-electron chi connectivity index (χ3n) is 3.41. The molecule has 2 heterocycles. The van der Waals surface area contributed by atoms with Crippen LogP contribution >= 0.6 is 0 Å². The van der Waals surface area contributed by atoms with Crippen LogP contribution in [0.5, 0.6) is 0 Å². The van der Waals surface area contributed by atoms with Gasteiger partial charge in [-0.3, -0.25) is 9.67 Å². The van der Waals surface area contributed by atoms with Gasteiger partial charge in [0.25, 0.3) is 0 Å². The van der Waals surface area contributed by atoms with E-state index in [1.807, 2.05) is 13.2 Å². The van der Waals surface area contributed by atoms with Gasteiger partial charge in [-0.15, -0.1) is 0 Å². The molecule has 114 valence electrons. The van der Waals surface area contributed by atoms with E-state index >= 15 is 0 Å². The summed E-state index contributed by atoms with van der Waals surface area (Å²) in [7, 11) is 1.83. The van der Waals surface area contributed by atoms with E-state index in [2.05, 4.69) is 10.1 Å². The lowest BCUT2D eigenvalue weighted by Gasteiger charge is -2.41. The van der Waals surface area contributed by atoms with E-state index in [1.54, 1.807) is 4.68 Å². The number of aromatic amines is 1. The van der Waals surface area contributed by atoms with Crippen LogP contribution in [-0.4, -0.2) is 68.1 Å². The molecule has 1 aliphatic rings. The molecule has 0 aliphatic carbocycles. The minimum Gasteiger partial charge on any atom is -0.862 e. The minimum atomic E-state index is -1.27. The van der Waals surface area contributed by atoms with Gasteiger partial charge in [0.2, 0.25) is 0 Å². The van der Waals surface area contributed by atoms with E-state index in [9.17, 15) is 20.4 Å². The molecule has 4 N–H and O–H groups in total. The quantitative estimate of drug-likeness (QED) is 0.360. The lowest BCUT2D eigenvalue weighted by molar-refractivity contribution is -0.221. The molecule has 1 aliphatic heterocycles. The van der Waals surface area contributed by atoms with Gasteiger partial charge >= 0.3 is 0 Å². The van der Waals surface area contributed by atoms with Gasteiger partial charge in [-0.2, -0.15) is 0 Å². The van der Waals surface area contributed by atoms with Crippen LogP contribution in [0, 0.1) is 0 Å². The number of nitrogens with zero attached hydrogens (tertiary/aromatic N) is 2. The van der Waals surface area contributed by atoms with Crippen molar-refractivity contribution in [1.82, 2.24) is 9.78 Å². The van der Waals surface area contributed by atoms with E-state index in [-0.39, 0.29) is 0 Å². The van der Waals surface area contributed by atoms with Crippen molar-refractivity contribution in [2.24, 2.45) is 12.0 Å². The molecule has 0 amide bonds. The molecule has 1 aromatic rings. The molecule has 1 fully saturated rings. The van der Waals surface area contributed by atoms with E-state index in [0.29, 0.717) is 6.42 Å². The zero-order valence-electron chi connectivity index (χ0n) is 11.4. The van der Waals surface area contributed by atoms with Gasteiger partial charge < -0.3 is 30.3 Å². The summed E-state index contributed by atoms with van der Waals surface area (Å²) in [6, 6.07) is -0.848. The second kappa shape index (κ2) is 5.96. The third-order valence-corrected chi connectivity index (χ3v) is 3.41. The van der Waals surface area contributed by atoms with Crippen LogP contribution in [0.1, 0.15) is 12.6 Å². The second-order valence-corrected chi connectivity index (χ2v) is 5.10. The summed E-state index contributed by atoms with van der Waals surface area (Å²) in [5, 5.41) is 43.3. The zero-order valence-corrected chi connectivity index (χ0v) is 11.4. The molecule has 0 radical (unpaired) electrons. The first-order valence-corrected chi connectivity index (χ1v) is 6.46. The highest BCUT2D eigenvalue weighted by atomic mass is 16.5. The summed E-state index contributed by atoms with van der Waals surface area (Å²) < 4.78 is 7.32. The van der Waals surface area contributed by atoms with Crippen molar-refractivity contribution in [3.63, 3.8) is 0 Å². The van der Waals surface area contributed by atoms with Crippen molar-refractivity contribution >= 4 is 5.90 Å². The molecule has 0 bridgehead atoms. The number of rotatable bonds is 4. The Bertz CT molecular complexity index is 453. The van der Waals surface area contributed by atoms with E-state index in [0.717, 1.165) is 5.69 Å². The summed E-state index contributed by atoms with van der Waals surface area (Å²) in [5.74, 6) is -0.440. The first-order chi connectivity index (χ1) is 9.42. The number of nitrogens with one attached hydrogen (secondary N) is 1. The normalized spacial score (nSPS) is 35.5. The fourth-order valence-electron chi connectivity index (χ4n) is 2.49. The number of H-pyrrole nitrogens is 1. The molecule has 8 heteroatoms. The smallest absolute Gasteiger partial charge is 0.110 e. The molecule has 20 heavy (non-hydrogen) atoms. The molecular formula is C12H20N3O5-. The average Bonchev–Trinajstić information content (AvgIpc) is 2.35. The highest BCUT2D eigenvalue weighted by Crippen LogP contribution is 2.26. The zero-order chi connectivity index (χ0) is 14.9. The summed E-state index contributed by atoms with van der Waals surface area (Å²) in [4.78, 5) is 3.82. The number of hydrogen-bond acceptors (Lipinski definition) is 6. The Hall–Kier alpha value is -1.35.